The minimum Gasteiger partial charge on any atom is -0.283 e. The summed E-state index contributed by atoms with van der Waals surface area (Å²) in [6, 6.07) is 9.62. The summed E-state index contributed by atoms with van der Waals surface area (Å²) < 4.78 is 70.9. The molecule has 0 atom stereocenters. The molecule has 1 aromatic heterocycles. The first kappa shape index (κ1) is 20.7. The summed E-state index contributed by atoms with van der Waals surface area (Å²) in [6.45, 7) is 3.50. The fourth-order valence-corrected chi connectivity index (χ4v) is 4.29. The van der Waals surface area contributed by atoms with Gasteiger partial charge in [0, 0.05) is 7.05 Å². The maximum Gasteiger partial charge on any atom is 0.296 e. The Hall–Kier alpha value is -3.01. The molecular weight excluding hydrogens is 407 g/mol. The first-order valence-corrected chi connectivity index (χ1v) is 10.1. The Bertz CT molecular complexity index is 1230. The molecule has 154 valence electrons. The van der Waals surface area contributed by atoms with E-state index in [1.54, 1.807) is 51.2 Å². The van der Waals surface area contributed by atoms with Gasteiger partial charge in [-0.15, -0.1) is 0 Å². The summed E-state index contributed by atoms with van der Waals surface area (Å²) >= 11 is 0. The Balaban J connectivity index is 2.20. The van der Waals surface area contributed by atoms with Gasteiger partial charge in [0.2, 0.25) is 0 Å². The molecule has 6 nitrogen and oxygen atoms in total. The lowest BCUT2D eigenvalue weighted by atomic mass is 10.1. The highest BCUT2D eigenvalue weighted by molar-refractivity contribution is 7.92. The van der Waals surface area contributed by atoms with Gasteiger partial charge < -0.3 is 0 Å². The first-order chi connectivity index (χ1) is 13.6. The van der Waals surface area contributed by atoms with E-state index in [1.165, 1.54) is 9.36 Å². The van der Waals surface area contributed by atoms with Crippen LogP contribution in [0.2, 0.25) is 0 Å². The average molecular weight is 425 g/mol. The fraction of sp³-hybridized carbons (Fsp3) is 0.211. The van der Waals surface area contributed by atoms with Gasteiger partial charge in [-0.3, -0.25) is 14.2 Å². The molecule has 0 bridgehead atoms. The SMILES string of the molecule is CC(C)c1c(NS(=O)(=O)c2ccc(F)c(F)c2F)c(=O)n(-c2ccccc2)n1C. The summed E-state index contributed by atoms with van der Waals surface area (Å²) in [5.74, 6) is -5.57. The van der Waals surface area contributed by atoms with Crippen molar-refractivity contribution in [3.63, 3.8) is 0 Å². The molecule has 0 aliphatic rings. The first-order valence-electron chi connectivity index (χ1n) is 8.60. The molecular formula is C19H18F3N3O3S. The van der Waals surface area contributed by atoms with E-state index in [1.807, 2.05) is 0 Å². The molecule has 0 saturated heterocycles. The van der Waals surface area contributed by atoms with Crippen molar-refractivity contribution in [1.29, 1.82) is 0 Å². The van der Waals surface area contributed by atoms with Crippen LogP contribution in [0.4, 0.5) is 18.9 Å². The second-order valence-corrected chi connectivity index (χ2v) is 8.32. The summed E-state index contributed by atoms with van der Waals surface area (Å²) in [5.41, 5.74) is -0.152. The summed E-state index contributed by atoms with van der Waals surface area (Å²) in [4.78, 5) is 11.9. The monoisotopic (exact) mass is 425 g/mol. The quantitative estimate of drug-likeness (QED) is 0.636. The lowest BCUT2D eigenvalue weighted by Gasteiger charge is -2.13. The number of nitrogens with zero attached hydrogens (tertiary/aromatic N) is 2. The van der Waals surface area contributed by atoms with E-state index in [9.17, 15) is 26.4 Å². The smallest absolute Gasteiger partial charge is 0.283 e. The molecule has 1 heterocycles. The van der Waals surface area contributed by atoms with Crippen LogP contribution in [0.5, 0.6) is 0 Å². The Labute approximate surface area is 165 Å². The highest BCUT2D eigenvalue weighted by atomic mass is 32.2. The van der Waals surface area contributed by atoms with Crippen molar-refractivity contribution in [3.8, 4) is 5.69 Å². The van der Waals surface area contributed by atoms with Crippen LogP contribution in [-0.2, 0) is 17.1 Å². The van der Waals surface area contributed by atoms with Crippen LogP contribution in [-0.4, -0.2) is 17.8 Å². The lowest BCUT2D eigenvalue weighted by molar-refractivity contribution is 0.432. The predicted molar refractivity (Wildman–Crippen MR) is 102 cm³/mol. The Kier molecular flexibility index (Phi) is 5.31. The van der Waals surface area contributed by atoms with Crippen molar-refractivity contribution in [2.75, 3.05) is 4.72 Å². The maximum atomic E-state index is 14.0. The van der Waals surface area contributed by atoms with E-state index in [-0.39, 0.29) is 11.6 Å². The number of benzene rings is 2. The molecule has 0 amide bonds. The third-order valence-corrected chi connectivity index (χ3v) is 5.75. The zero-order valence-corrected chi connectivity index (χ0v) is 16.6. The normalized spacial score (nSPS) is 11.8. The molecule has 0 aliphatic carbocycles. The van der Waals surface area contributed by atoms with Gasteiger partial charge >= 0.3 is 0 Å². The molecule has 0 aliphatic heterocycles. The molecule has 3 rings (SSSR count). The zero-order valence-electron chi connectivity index (χ0n) is 15.8. The Morgan fingerprint density at radius 3 is 2.17 bits per heavy atom. The fourth-order valence-electron chi connectivity index (χ4n) is 3.14. The van der Waals surface area contributed by atoms with Gasteiger partial charge in [-0.1, -0.05) is 32.0 Å². The van der Waals surface area contributed by atoms with Crippen molar-refractivity contribution in [3.05, 3.63) is 76.0 Å². The largest absolute Gasteiger partial charge is 0.296 e. The molecule has 0 saturated carbocycles. The van der Waals surface area contributed by atoms with Crippen molar-refractivity contribution >= 4 is 15.7 Å². The van der Waals surface area contributed by atoms with Gasteiger partial charge in [0.1, 0.15) is 10.6 Å². The van der Waals surface area contributed by atoms with Crippen LogP contribution >= 0.6 is 0 Å². The molecule has 0 spiro atoms. The summed E-state index contributed by atoms with van der Waals surface area (Å²) in [6.07, 6.45) is 0. The molecule has 10 heteroatoms. The molecule has 2 aromatic carbocycles. The standard InChI is InChI=1S/C19H18F3N3O3S/c1-11(2)18-17(19(26)25(24(18)3)12-7-5-4-6-8-12)23-29(27,28)14-10-9-13(20)15(21)16(14)22/h4-11,23H,1-3H3. The molecule has 0 fully saturated rings. The van der Waals surface area contributed by atoms with Crippen LogP contribution in [0.15, 0.2) is 52.2 Å². The molecule has 3 aromatic rings. The highest BCUT2D eigenvalue weighted by Crippen LogP contribution is 2.27. The van der Waals surface area contributed by atoms with Gasteiger partial charge in [0.05, 0.1) is 11.4 Å². The number of aromatic nitrogens is 2. The second-order valence-electron chi connectivity index (χ2n) is 6.67. The lowest BCUT2D eigenvalue weighted by Crippen LogP contribution is -2.23. The van der Waals surface area contributed by atoms with E-state index >= 15 is 0 Å². The van der Waals surface area contributed by atoms with E-state index in [2.05, 4.69) is 4.72 Å². The van der Waals surface area contributed by atoms with Crippen molar-refractivity contribution in [2.24, 2.45) is 7.05 Å². The number of para-hydroxylation sites is 1. The van der Waals surface area contributed by atoms with Crippen LogP contribution in [0.1, 0.15) is 25.5 Å². The van der Waals surface area contributed by atoms with Crippen molar-refractivity contribution in [2.45, 2.75) is 24.7 Å². The van der Waals surface area contributed by atoms with Crippen LogP contribution in [0.3, 0.4) is 0 Å². The number of hydrogen-bond donors (Lipinski definition) is 1. The van der Waals surface area contributed by atoms with Crippen molar-refractivity contribution < 1.29 is 21.6 Å². The second kappa shape index (κ2) is 7.43. The van der Waals surface area contributed by atoms with E-state index in [0.29, 0.717) is 23.5 Å². The third kappa shape index (κ3) is 3.55. The van der Waals surface area contributed by atoms with Crippen LogP contribution in [0, 0.1) is 17.5 Å². The van der Waals surface area contributed by atoms with Gasteiger partial charge in [-0.05, 0) is 30.2 Å². The van der Waals surface area contributed by atoms with Gasteiger partial charge in [-0.2, -0.15) is 0 Å². The summed E-state index contributed by atoms with van der Waals surface area (Å²) in [5, 5.41) is 0. The van der Waals surface area contributed by atoms with Gasteiger partial charge in [0.15, 0.2) is 17.5 Å². The van der Waals surface area contributed by atoms with Gasteiger partial charge in [0.25, 0.3) is 15.6 Å². The zero-order chi connectivity index (χ0) is 21.5. The number of anilines is 1. The highest BCUT2D eigenvalue weighted by Gasteiger charge is 2.29. The topological polar surface area (TPSA) is 73.1 Å². The van der Waals surface area contributed by atoms with E-state index in [0.717, 1.165) is 0 Å². The molecule has 29 heavy (non-hydrogen) atoms. The Morgan fingerprint density at radius 2 is 1.59 bits per heavy atom. The van der Waals surface area contributed by atoms with E-state index < -0.39 is 37.9 Å². The number of halogens is 3. The summed E-state index contributed by atoms with van der Waals surface area (Å²) in [7, 11) is -3.12. The van der Waals surface area contributed by atoms with E-state index in [4.69, 9.17) is 0 Å². The minimum atomic E-state index is -4.71. The molecule has 0 radical (unpaired) electrons. The minimum absolute atomic E-state index is 0.287. The number of rotatable bonds is 5. The number of hydrogen-bond acceptors (Lipinski definition) is 3. The average Bonchev–Trinajstić information content (AvgIpc) is 2.89. The molecule has 0 unspecified atom stereocenters. The van der Waals surface area contributed by atoms with Gasteiger partial charge in [-0.25, -0.2) is 26.3 Å². The maximum absolute atomic E-state index is 14.0. The third-order valence-electron chi connectivity index (χ3n) is 4.38. The number of sulfonamides is 1. The number of nitrogens with one attached hydrogen (secondary N) is 1. The van der Waals surface area contributed by atoms with Crippen LogP contribution < -0.4 is 10.3 Å². The molecule has 1 N–H and O–H groups in total. The van der Waals surface area contributed by atoms with Crippen molar-refractivity contribution in [1.82, 2.24) is 9.36 Å². The van der Waals surface area contributed by atoms with Crippen LogP contribution in [0.25, 0.3) is 5.69 Å². The Morgan fingerprint density at radius 1 is 0.966 bits per heavy atom. The predicted octanol–water partition coefficient (Wildman–Crippen LogP) is 3.52.